The summed E-state index contributed by atoms with van der Waals surface area (Å²) in [7, 11) is 0. The van der Waals surface area contributed by atoms with E-state index in [4.69, 9.17) is 16.3 Å². The standard InChI is InChI=1S/C19H28ClFN2O/c1-19(7-10-24-11-8-19)23-9-6-14-2-4-15(5-3-14)18-17(20)12-16(21)13-22-18/h12-15,23H,2-11H2,1H3. The van der Waals surface area contributed by atoms with Gasteiger partial charge in [-0.3, -0.25) is 4.98 Å². The maximum atomic E-state index is 13.1. The van der Waals surface area contributed by atoms with E-state index in [1.165, 1.54) is 31.5 Å². The number of nitrogens with zero attached hydrogens (tertiary/aromatic N) is 1. The second-order valence-electron chi connectivity index (χ2n) is 7.63. The van der Waals surface area contributed by atoms with Crippen LogP contribution in [-0.4, -0.2) is 30.3 Å². The van der Waals surface area contributed by atoms with Gasteiger partial charge in [-0.05, 0) is 70.4 Å². The summed E-state index contributed by atoms with van der Waals surface area (Å²) < 4.78 is 18.6. The van der Waals surface area contributed by atoms with Crippen LogP contribution in [0.5, 0.6) is 0 Å². The summed E-state index contributed by atoms with van der Waals surface area (Å²) in [5, 5.41) is 4.23. The van der Waals surface area contributed by atoms with Gasteiger partial charge in [0.1, 0.15) is 5.82 Å². The second kappa shape index (κ2) is 8.11. The molecule has 0 bridgehead atoms. The van der Waals surface area contributed by atoms with Crippen molar-refractivity contribution in [3.8, 4) is 0 Å². The first-order valence-electron chi connectivity index (χ1n) is 9.19. The number of ether oxygens (including phenoxy) is 1. The highest BCUT2D eigenvalue weighted by atomic mass is 35.5. The number of hydrogen-bond acceptors (Lipinski definition) is 3. The molecule has 2 fully saturated rings. The third-order valence-electron chi connectivity index (χ3n) is 5.77. The summed E-state index contributed by atoms with van der Waals surface area (Å²) in [4.78, 5) is 4.23. The summed E-state index contributed by atoms with van der Waals surface area (Å²) in [6.07, 6.45) is 9.36. The van der Waals surface area contributed by atoms with E-state index < -0.39 is 0 Å². The van der Waals surface area contributed by atoms with Gasteiger partial charge in [-0.25, -0.2) is 4.39 Å². The molecule has 1 saturated carbocycles. The van der Waals surface area contributed by atoms with Gasteiger partial charge >= 0.3 is 0 Å². The average Bonchev–Trinajstić information content (AvgIpc) is 2.56. The molecular formula is C19H28ClFN2O. The molecule has 1 aliphatic heterocycles. The van der Waals surface area contributed by atoms with Gasteiger partial charge in [-0.15, -0.1) is 0 Å². The van der Waals surface area contributed by atoms with Crippen molar-refractivity contribution in [3.63, 3.8) is 0 Å². The maximum absolute atomic E-state index is 13.1. The van der Waals surface area contributed by atoms with Crippen LogP contribution >= 0.6 is 11.6 Å². The number of aromatic nitrogens is 1. The molecule has 2 heterocycles. The lowest BCUT2D eigenvalue weighted by Gasteiger charge is -2.36. The van der Waals surface area contributed by atoms with Crippen LogP contribution in [0, 0.1) is 11.7 Å². The Morgan fingerprint density at radius 3 is 2.67 bits per heavy atom. The van der Waals surface area contributed by atoms with Crippen LogP contribution in [0.3, 0.4) is 0 Å². The number of pyridine rings is 1. The minimum Gasteiger partial charge on any atom is -0.381 e. The molecule has 24 heavy (non-hydrogen) atoms. The molecule has 2 aliphatic rings. The Balaban J connectivity index is 1.42. The van der Waals surface area contributed by atoms with E-state index in [2.05, 4.69) is 17.2 Å². The summed E-state index contributed by atoms with van der Waals surface area (Å²) in [6.45, 7) is 5.15. The van der Waals surface area contributed by atoms with Crippen molar-refractivity contribution >= 4 is 11.6 Å². The van der Waals surface area contributed by atoms with E-state index >= 15 is 0 Å². The number of hydrogen-bond donors (Lipinski definition) is 1. The third-order valence-corrected chi connectivity index (χ3v) is 6.07. The topological polar surface area (TPSA) is 34.2 Å². The van der Waals surface area contributed by atoms with Gasteiger partial charge in [0.2, 0.25) is 0 Å². The predicted molar refractivity (Wildman–Crippen MR) is 95.0 cm³/mol. The average molecular weight is 355 g/mol. The smallest absolute Gasteiger partial charge is 0.142 e. The molecule has 3 nitrogen and oxygen atoms in total. The van der Waals surface area contributed by atoms with E-state index in [0.29, 0.717) is 10.9 Å². The second-order valence-corrected chi connectivity index (χ2v) is 8.03. The lowest BCUT2D eigenvalue weighted by Crippen LogP contribution is -2.47. The Labute approximate surface area is 149 Å². The molecule has 1 aliphatic carbocycles. The van der Waals surface area contributed by atoms with Gasteiger partial charge in [-0.1, -0.05) is 11.6 Å². The normalized spacial score (nSPS) is 27.1. The molecule has 0 aromatic carbocycles. The molecule has 1 aromatic heterocycles. The zero-order valence-corrected chi connectivity index (χ0v) is 15.2. The predicted octanol–water partition coefficient (Wildman–Crippen LogP) is 4.70. The van der Waals surface area contributed by atoms with Gasteiger partial charge in [-0.2, -0.15) is 0 Å². The first-order valence-corrected chi connectivity index (χ1v) is 9.57. The SMILES string of the molecule is CC1(NCCC2CCC(c3ncc(F)cc3Cl)CC2)CCOCC1. The molecular weight excluding hydrogens is 327 g/mol. The Kier molecular flexibility index (Phi) is 6.12. The fraction of sp³-hybridized carbons (Fsp3) is 0.737. The van der Waals surface area contributed by atoms with Gasteiger partial charge in [0.05, 0.1) is 16.9 Å². The van der Waals surface area contributed by atoms with Crippen molar-refractivity contribution in [3.05, 3.63) is 28.8 Å². The Morgan fingerprint density at radius 1 is 1.29 bits per heavy atom. The minimum absolute atomic E-state index is 0.251. The minimum atomic E-state index is -0.356. The molecule has 1 aromatic rings. The van der Waals surface area contributed by atoms with Crippen LogP contribution in [0.1, 0.15) is 63.5 Å². The molecule has 1 saturated heterocycles. The molecule has 0 atom stereocenters. The van der Waals surface area contributed by atoms with Gasteiger partial charge in [0.15, 0.2) is 0 Å². The molecule has 0 unspecified atom stereocenters. The van der Waals surface area contributed by atoms with E-state index in [1.54, 1.807) is 0 Å². The van der Waals surface area contributed by atoms with Crippen LogP contribution < -0.4 is 5.32 Å². The van der Waals surface area contributed by atoms with Crippen LogP contribution in [0.15, 0.2) is 12.3 Å². The monoisotopic (exact) mass is 354 g/mol. The van der Waals surface area contributed by atoms with Crippen molar-refractivity contribution in [2.45, 2.75) is 63.3 Å². The number of nitrogens with one attached hydrogen (secondary N) is 1. The van der Waals surface area contributed by atoms with Crippen LogP contribution in [-0.2, 0) is 4.74 Å². The summed E-state index contributed by atoms with van der Waals surface area (Å²) in [6, 6.07) is 1.38. The van der Waals surface area contributed by atoms with Crippen molar-refractivity contribution in [1.82, 2.24) is 10.3 Å². The fourth-order valence-corrected chi connectivity index (χ4v) is 4.33. The molecule has 1 N–H and O–H groups in total. The Hall–Kier alpha value is -0.710. The molecule has 134 valence electrons. The molecule has 0 amide bonds. The largest absolute Gasteiger partial charge is 0.381 e. The van der Waals surface area contributed by atoms with Crippen molar-refractivity contribution in [2.75, 3.05) is 19.8 Å². The van der Waals surface area contributed by atoms with E-state index in [0.717, 1.165) is 57.1 Å². The molecule has 5 heteroatoms. The fourth-order valence-electron chi connectivity index (χ4n) is 4.03. The first-order chi connectivity index (χ1) is 11.6. The van der Waals surface area contributed by atoms with Crippen molar-refractivity contribution in [2.24, 2.45) is 5.92 Å². The molecule has 3 rings (SSSR count). The lowest BCUT2D eigenvalue weighted by molar-refractivity contribution is 0.0446. The quantitative estimate of drug-likeness (QED) is 0.832. The van der Waals surface area contributed by atoms with Gasteiger partial charge < -0.3 is 10.1 Å². The highest BCUT2D eigenvalue weighted by Crippen LogP contribution is 2.38. The van der Waals surface area contributed by atoms with Crippen LogP contribution in [0.2, 0.25) is 5.02 Å². The zero-order valence-electron chi connectivity index (χ0n) is 14.5. The Bertz CT molecular complexity index is 540. The molecule has 0 spiro atoms. The molecule has 0 radical (unpaired) electrons. The van der Waals surface area contributed by atoms with Crippen molar-refractivity contribution in [1.29, 1.82) is 0 Å². The maximum Gasteiger partial charge on any atom is 0.142 e. The third kappa shape index (κ3) is 4.68. The van der Waals surface area contributed by atoms with Crippen LogP contribution in [0.25, 0.3) is 0 Å². The van der Waals surface area contributed by atoms with Gasteiger partial charge in [0.25, 0.3) is 0 Å². The van der Waals surface area contributed by atoms with E-state index in [-0.39, 0.29) is 11.4 Å². The van der Waals surface area contributed by atoms with Crippen LogP contribution in [0.4, 0.5) is 4.39 Å². The first kappa shape index (κ1) is 18.1. The zero-order chi connectivity index (χ0) is 17.0. The van der Waals surface area contributed by atoms with Crippen molar-refractivity contribution < 1.29 is 9.13 Å². The van der Waals surface area contributed by atoms with Gasteiger partial charge in [0, 0.05) is 24.7 Å². The summed E-state index contributed by atoms with van der Waals surface area (Å²) in [5.74, 6) is 0.803. The summed E-state index contributed by atoms with van der Waals surface area (Å²) >= 11 is 6.16. The number of halogens is 2. The number of rotatable bonds is 5. The highest BCUT2D eigenvalue weighted by molar-refractivity contribution is 6.31. The van der Waals surface area contributed by atoms with E-state index in [1.807, 2.05) is 0 Å². The summed E-state index contributed by atoms with van der Waals surface area (Å²) in [5.41, 5.74) is 1.13. The van der Waals surface area contributed by atoms with E-state index in [9.17, 15) is 4.39 Å². The Morgan fingerprint density at radius 2 is 2.00 bits per heavy atom. The highest BCUT2D eigenvalue weighted by Gasteiger charge is 2.28. The lowest BCUT2D eigenvalue weighted by atomic mass is 9.79.